The highest BCUT2D eigenvalue weighted by molar-refractivity contribution is 7.07. The maximum absolute atomic E-state index is 12.0. The smallest absolute Gasteiger partial charge is 0.408 e. The number of hydrogen-bond acceptors (Lipinski definition) is 4. The first kappa shape index (κ1) is 13.8. The van der Waals surface area contributed by atoms with E-state index in [4.69, 9.17) is 4.42 Å². The quantitative estimate of drug-likeness (QED) is 0.700. The van der Waals surface area contributed by atoms with Crippen LogP contribution in [0.25, 0.3) is 11.1 Å². The SMILES string of the molecule is O=c1oc2ccccc2n1CCN(Cc1ccsc1)C1CC1. The summed E-state index contributed by atoms with van der Waals surface area (Å²) in [6, 6.07) is 10.5. The Balaban J connectivity index is 1.52. The van der Waals surface area contributed by atoms with Gasteiger partial charge in [-0.1, -0.05) is 12.1 Å². The topological polar surface area (TPSA) is 38.4 Å². The van der Waals surface area contributed by atoms with Crippen molar-refractivity contribution < 1.29 is 4.42 Å². The molecular formula is C17H18N2O2S. The predicted molar refractivity (Wildman–Crippen MR) is 88.2 cm³/mol. The number of para-hydroxylation sites is 2. The molecular weight excluding hydrogens is 296 g/mol. The molecule has 0 saturated heterocycles. The Morgan fingerprint density at radius 2 is 2.14 bits per heavy atom. The number of benzene rings is 1. The van der Waals surface area contributed by atoms with E-state index in [2.05, 4.69) is 21.7 Å². The van der Waals surface area contributed by atoms with Crippen LogP contribution in [0.5, 0.6) is 0 Å². The minimum absolute atomic E-state index is 0.257. The summed E-state index contributed by atoms with van der Waals surface area (Å²) in [4.78, 5) is 14.5. The number of aromatic nitrogens is 1. The maximum Gasteiger partial charge on any atom is 0.419 e. The molecule has 1 fully saturated rings. The molecule has 0 aliphatic heterocycles. The molecule has 3 aromatic rings. The molecule has 0 unspecified atom stereocenters. The molecule has 4 nitrogen and oxygen atoms in total. The van der Waals surface area contributed by atoms with Gasteiger partial charge in [0.2, 0.25) is 0 Å². The highest BCUT2D eigenvalue weighted by Gasteiger charge is 2.29. The van der Waals surface area contributed by atoms with Crippen LogP contribution in [0.1, 0.15) is 18.4 Å². The molecule has 1 saturated carbocycles. The molecule has 22 heavy (non-hydrogen) atoms. The fourth-order valence-electron chi connectivity index (χ4n) is 2.90. The molecule has 0 N–H and O–H groups in total. The lowest BCUT2D eigenvalue weighted by molar-refractivity contribution is 0.242. The van der Waals surface area contributed by atoms with Crippen LogP contribution in [0.2, 0.25) is 0 Å². The number of oxazole rings is 1. The van der Waals surface area contributed by atoms with Gasteiger partial charge in [-0.25, -0.2) is 4.79 Å². The van der Waals surface area contributed by atoms with E-state index in [-0.39, 0.29) is 5.76 Å². The zero-order chi connectivity index (χ0) is 14.9. The lowest BCUT2D eigenvalue weighted by atomic mass is 10.3. The van der Waals surface area contributed by atoms with Gasteiger partial charge in [-0.3, -0.25) is 9.47 Å². The summed E-state index contributed by atoms with van der Waals surface area (Å²) >= 11 is 1.74. The highest BCUT2D eigenvalue weighted by atomic mass is 32.1. The summed E-state index contributed by atoms with van der Waals surface area (Å²) in [5, 5.41) is 4.32. The minimum Gasteiger partial charge on any atom is -0.408 e. The first-order valence-corrected chi connectivity index (χ1v) is 8.59. The predicted octanol–water partition coefficient (Wildman–Crippen LogP) is 3.32. The molecule has 0 spiro atoms. The van der Waals surface area contributed by atoms with Crippen molar-refractivity contribution >= 4 is 22.4 Å². The molecule has 4 rings (SSSR count). The molecule has 0 amide bonds. The highest BCUT2D eigenvalue weighted by Crippen LogP contribution is 2.28. The van der Waals surface area contributed by atoms with E-state index in [1.807, 2.05) is 24.3 Å². The Kier molecular flexibility index (Phi) is 3.60. The number of fused-ring (bicyclic) bond motifs is 1. The van der Waals surface area contributed by atoms with Gasteiger partial charge in [0.25, 0.3) is 0 Å². The molecule has 1 aromatic carbocycles. The molecule has 0 bridgehead atoms. The summed E-state index contributed by atoms with van der Waals surface area (Å²) in [5.74, 6) is -0.257. The lowest BCUT2D eigenvalue weighted by Gasteiger charge is -2.21. The van der Waals surface area contributed by atoms with Crippen molar-refractivity contribution in [2.75, 3.05) is 6.54 Å². The van der Waals surface area contributed by atoms with Crippen molar-refractivity contribution in [3.8, 4) is 0 Å². The van der Waals surface area contributed by atoms with Gasteiger partial charge >= 0.3 is 5.76 Å². The Bertz CT molecular complexity index is 815. The summed E-state index contributed by atoms with van der Waals surface area (Å²) in [6.45, 7) is 2.53. The Morgan fingerprint density at radius 1 is 1.27 bits per heavy atom. The fraction of sp³-hybridized carbons (Fsp3) is 0.353. The van der Waals surface area contributed by atoms with Crippen molar-refractivity contribution in [2.24, 2.45) is 0 Å². The Hall–Kier alpha value is -1.85. The van der Waals surface area contributed by atoms with Gasteiger partial charge in [-0.05, 0) is 47.4 Å². The standard InChI is InChI=1S/C17H18N2O2S/c20-17-19(15-3-1-2-4-16(15)21-17)9-8-18(14-5-6-14)11-13-7-10-22-12-13/h1-4,7,10,12,14H,5-6,8-9,11H2. The summed E-state index contributed by atoms with van der Waals surface area (Å²) in [6.07, 6.45) is 2.54. The van der Waals surface area contributed by atoms with E-state index < -0.39 is 0 Å². The lowest BCUT2D eigenvalue weighted by Crippen LogP contribution is -2.31. The van der Waals surface area contributed by atoms with E-state index in [0.717, 1.165) is 18.6 Å². The second-order valence-electron chi connectivity index (χ2n) is 5.82. The normalized spacial score (nSPS) is 15.0. The largest absolute Gasteiger partial charge is 0.419 e. The van der Waals surface area contributed by atoms with Gasteiger partial charge in [-0.2, -0.15) is 11.3 Å². The van der Waals surface area contributed by atoms with Crippen LogP contribution in [0, 0.1) is 0 Å². The van der Waals surface area contributed by atoms with Crippen LogP contribution in [0.15, 0.2) is 50.3 Å². The van der Waals surface area contributed by atoms with Crippen LogP contribution >= 0.6 is 11.3 Å². The summed E-state index contributed by atoms with van der Waals surface area (Å²) in [7, 11) is 0. The second-order valence-corrected chi connectivity index (χ2v) is 6.60. The first-order chi connectivity index (χ1) is 10.8. The van der Waals surface area contributed by atoms with E-state index in [1.165, 1.54) is 18.4 Å². The van der Waals surface area contributed by atoms with Gasteiger partial charge in [0.05, 0.1) is 5.52 Å². The molecule has 0 radical (unpaired) electrons. The molecule has 2 aromatic heterocycles. The van der Waals surface area contributed by atoms with E-state index in [0.29, 0.717) is 18.2 Å². The molecule has 5 heteroatoms. The van der Waals surface area contributed by atoms with Crippen molar-refractivity contribution in [3.63, 3.8) is 0 Å². The third-order valence-electron chi connectivity index (χ3n) is 4.21. The molecule has 1 aliphatic rings. The third-order valence-corrected chi connectivity index (χ3v) is 4.95. The zero-order valence-corrected chi connectivity index (χ0v) is 13.1. The fourth-order valence-corrected chi connectivity index (χ4v) is 3.56. The van der Waals surface area contributed by atoms with Crippen molar-refractivity contribution in [1.29, 1.82) is 0 Å². The van der Waals surface area contributed by atoms with Gasteiger partial charge in [0.1, 0.15) is 0 Å². The van der Waals surface area contributed by atoms with Crippen molar-refractivity contribution in [2.45, 2.75) is 32.0 Å². The summed E-state index contributed by atoms with van der Waals surface area (Å²) in [5.41, 5.74) is 2.92. The number of hydrogen-bond donors (Lipinski definition) is 0. The molecule has 0 atom stereocenters. The van der Waals surface area contributed by atoms with E-state index in [9.17, 15) is 4.79 Å². The van der Waals surface area contributed by atoms with Crippen LogP contribution in [-0.4, -0.2) is 22.1 Å². The van der Waals surface area contributed by atoms with Gasteiger partial charge < -0.3 is 4.42 Å². The Labute approximate surface area is 132 Å². The van der Waals surface area contributed by atoms with Crippen LogP contribution < -0.4 is 5.76 Å². The number of rotatable bonds is 6. The van der Waals surface area contributed by atoms with Crippen LogP contribution in [0.3, 0.4) is 0 Å². The Morgan fingerprint density at radius 3 is 2.91 bits per heavy atom. The van der Waals surface area contributed by atoms with Crippen molar-refractivity contribution in [3.05, 3.63) is 57.2 Å². The van der Waals surface area contributed by atoms with Crippen LogP contribution in [-0.2, 0) is 13.1 Å². The second kappa shape index (κ2) is 5.74. The zero-order valence-electron chi connectivity index (χ0n) is 12.3. The van der Waals surface area contributed by atoms with E-state index in [1.54, 1.807) is 15.9 Å². The van der Waals surface area contributed by atoms with Crippen molar-refractivity contribution in [1.82, 2.24) is 9.47 Å². The monoisotopic (exact) mass is 314 g/mol. The average Bonchev–Trinajstić information content (AvgIpc) is 3.15. The average molecular weight is 314 g/mol. The van der Waals surface area contributed by atoms with Gasteiger partial charge in [0.15, 0.2) is 5.58 Å². The van der Waals surface area contributed by atoms with Gasteiger partial charge in [-0.15, -0.1) is 0 Å². The molecule has 1 aliphatic carbocycles. The van der Waals surface area contributed by atoms with Crippen LogP contribution in [0.4, 0.5) is 0 Å². The first-order valence-electron chi connectivity index (χ1n) is 7.65. The molecule has 114 valence electrons. The third kappa shape index (κ3) is 2.74. The molecule has 2 heterocycles. The maximum atomic E-state index is 12.0. The minimum atomic E-state index is -0.257. The van der Waals surface area contributed by atoms with E-state index >= 15 is 0 Å². The number of nitrogens with zero attached hydrogens (tertiary/aromatic N) is 2. The van der Waals surface area contributed by atoms with Gasteiger partial charge in [0, 0.05) is 25.7 Å². The summed E-state index contributed by atoms with van der Waals surface area (Å²) < 4.78 is 7.05. The number of thiophene rings is 1.